The highest BCUT2D eigenvalue weighted by molar-refractivity contribution is 5.83. The molecule has 4 nitrogen and oxygen atoms in total. The first kappa shape index (κ1) is 17.7. The first-order valence-corrected chi connectivity index (χ1v) is 6.10. The van der Waals surface area contributed by atoms with E-state index in [1.165, 1.54) is 0 Å². The van der Waals surface area contributed by atoms with Gasteiger partial charge >= 0.3 is 12.1 Å². The summed E-state index contributed by atoms with van der Waals surface area (Å²) in [6.07, 6.45) is -3.75. The molecule has 0 bridgehead atoms. The second-order valence-corrected chi connectivity index (χ2v) is 5.16. The Morgan fingerprint density at radius 2 is 1.79 bits per heavy atom. The number of unbranched alkanes of at least 4 members (excludes halogenated alkanes) is 1. The Kier molecular flexibility index (Phi) is 6.32. The number of halogens is 3. The normalized spacial score (nSPS) is 14.0. The first-order valence-electron chi connectivity index (χ1n) is 6.10. The van der Waals surface area contributed by atoms with Gasteiger partial charge in [-0.2, -0.15) is 13.2 Å². The highest BCUT2D eigenvalue weighted by Crippen LogP contribution is 2.40. The summed E-state index contributed by atoms with van der Waals surface area (Å²) >= 11 is 0. The summed E-state index contributed by atoms with van der Waals surface area (Å²) in [5.74, 6) is -2.13. The molecule has 0 aliphatic carbocycles. The smallest absolute Gasteiger partial charge is 0.394 e. The molecule has 0 aliphatic heterocycles. The summed E-state index contributed by atoms with van der Waals surface area (Å²) in [5.41, 5.74) is -2.18. The highest BCUT2D eigenvalue weighted by atomic mass is 19.4. The molecule has 0 heterocycles. The SMILES string of the molecule is CCCCC(NC(=O)CC(C)(C)C(F)(F)F)C(=O)O. The summed E-state index contributed by atoms with van der Waals surface area (Å²) in [5, 5.41) is 11.0. The van der Waals surface area contributed by atoms with Gasteiger partial charge in [-0.1, -0.05) is 33.6 Å². The number of carboxylic acids is 1. The van der Waals surface area contributed by atoms with Crippen LogP contribution in [0.4, 0.5) is 13.2 Å². The quantitative estimate of drug-likeness (QED) is 0.755. The van der Waals surface area contributed by atoms with Gasteiger partial charge in [-0.25, -0.2) is 4.79 Å². The van der Waals surface area contributed by atoms with Crippen molar-refractivity contribution in [3.8, 4) is 0 Å². The van der Waals surface area contributed by atoms with Crippen molar-refractivity contribution < 1.29 is 27.9 Å². The number of rotatable bonds is 7. The third-order valence-electron chi connectivity index (χ3n) is 2.85. The van der Waals surface area contributed by atoms with Gasteiger partial charge in [0.25, 0.3) is 0 Å². The largest absolute Gasteiger partial charge is 0.480 e. The van der Waals surface area contributed by atoms with E-state index in [1.807, 2.05) is 6.92 Å². The fourth-order valence-electron chi connectivity index (χ4n) is 1.41. The summed E-state index contributed by atoms with van der Waals surface area (Å²) in [6, 6.07) is -1.13. The highest BCUT2D eigenvalue weighted by Gasteiger charge is 2.48. The summed E-state index contributed by atoms with van der Waals surface area (Å²) in [4.78, 5) is 22.4. The van der Waals surface area contributed by atoms with Gasteiger partial charge in [-0.3, -0.25) is 4.79 Å². The van der Waals surface area contributed by atoms with Crippen LogP contribution in [-0.2, 0) is 9.59 Å². The lowest BCUT2D eigenvalue weighted by molar-refractivity contribution is -0.213. The van der Waals surface area contributed by atoms with Gasteiger partial charge in [-0.15, -0.1) is 0 Å². The van der Waals surface area contributed by atoms with Crippen LogP contribution in [0.15, 0.2) is 0 Å². The molecule has 0 aromatic carbocycles. The van der Waals surface area contributed by atoms with Gasteiger partial charge in [0.05, 0.1) is 5.41 Å². The lowest BCUT2D eigenvalue weighted by Crippen LogP contribution is -2.44. The lowest BCUT2D eigenvalue weighted by Gasteiger charge is -2.27. The maximum absolute atomic E-state index is 12.6. The molecule has 1 amide bonds. The molecule has 1 unspecified atom stereocenters. The Labute approximate surface area is 110 Å². The zero-order chi connectivity index (χ0) is 15.3. The number of carbonyl (C=O) groups is 2. The maximum Gasteiger partial charge on any atom is 0.394 e. The predicted octanol–water partition coefficient (Wildman–Crippen LogP) is 2.72. The lowest BCUT2D eigenvalue weighted by atomic mass is 9.88. The molecule has 7 heteroatoms. The molecule has 112 valence electrons. The van der Waals surface area contributed by atoms with Crippen molar-refractivity contribution >= 4 is 11.9 Å². The fraction of sp³-hybridized carbons (Fsp3) is 0.833. The van der Waals surface area contributed by atoms with Crippen molar-refractivity contribution in [2.75, 3.05) is 0 Å². The van der Waals surface area contributed by atoms with Gasteiger partial charge in [0.2, 0.25) is 5.91 Å². The van der Waals surface area contributed by atoms with Gasteiger partial charge in [-0.05, 0) is 6.42 Å². The van der Waals surface area contributed by atoms with Gasteiger partial charge < -0.3 is 10.4 Å². The minimum atomic E-state index is -4.51. The Bertz CT molecular complexity index is 327. The molecule has 0 aliphatic rings. The van der Waals surface area contributed by atoms with Crippen LogP contribution in [0.1, 0.15) is 46.5 Å². The topological polar surface area (TPSA) is 66.4 Å². The molecular formula is C12H20F3NO3. The third kappa shape index (κ3) is 5.94. The molecular weight excluding hydrogens is 263 g/mol. The van der Waals surface area contributed by atoms with Crippen LogP contribution in [0.3, 0.4) is 0 Å². The van der Waals surface area contributed by atoms with E-state index in [2.05, 4.69) is 5.32 Å². The molecule has 0 radical (unpaired) electrons. The number of aliphatic carboxylic acids is 1. The van der Waals surface area contributed by atoms with E-state index in [-0.39, 0.29) is 6.42 Å². The van der Waals surface area contributed by atoms with Crippen LogP contribution < -0.4 is 5.32 Å². The molecule has 0 fully saturated rings. The van der Waals surface area contributed by atoms with Crippen molar-refractivity contribution in [1.82, 2.24) is 5.32 Å². The molecule has 2 N–H and O–H groups in total. The molecule has 19 heavy (non-hydrogen) atoms. The molecule has 1 atom stereocenters. The molecule has 0 spiro atoms. The van der Waals surface area contributed by atoms with Crippen molar-refractivity contribution in [2.45, 2.75) is 58.7 Å². The van der Waals surface area contributed by atoms with Crippen LogP contribution in [0.5, 0.6) is 0 Å². The minimum Gasteiger partial charge on any atom is -0.480 e. The number of alkyl halides is 3. The molecule has 0 saturated carbocycles. The van der Waals surface area contributed by atoms with Crippen LogP contribution in [0.25, 0.3) is 0 Å². The summed E-state index contributed by atoms with van der Waals surface area (Å²) in [7, 11) is 0. The van der Waals surface area contributed by atoms with E-state index >= 15 is 0 Å². The van der Waals surface area contributed by atoms with Crippen LogP contribution in [0.2, 0.25) is 0 Å². The van der Waals surface area contributed by atoms with E-state index in [1.54, 1.807) is 0 Å². The molecule has 0 aromatic rings. The standard InChI is InChI=1S/C12H20F3NO3/c1-4-5-6-8(10(18)19)16-9(17)7-11(2,3)12(13,14)15/h8H,4-7H2,1-3H3,(H,16,17)(H,18,19). The predicted molar refractivity (Wildman–Crippen MR) is 63.5 cm³/mol. The number of hydrogen-bond donors (Lipinski definition) is 2. The van der Waals surface area contributed by atoms with Crippen molar-refractivity contribution in [2.24, 2.45) is 5.41 Å². The average Bonchev–Trinajstić information content (AvgIpc) is 2.21. The van der Waals surface area contributed by atoms with E-state index in [0.29, 0.717) is 6.42 Å². The Morgan fingerprint density at radius 1 is 1.26 bits per heavy atom. The number of carboxylic acid groups (broad SMARTS) is 1. The fourth-order valence-corrected chi connectivity index (χ4v) is 1.41. The summed E-state index contributed by atoms with van der Waals surface area (Å²) in [6.45, 7) is 3.68. The number of amides is 1. The zero-order valence-electron chi connectivity index (χ0n) is 11.3. The zero-order valence-corrected chi connectivity index (χ0v) is 11.3. The van der Waals surface area contributed by atoms with E-state index in [0.717, 1.165) is 20.3 Å². The van der Waals surface area contributed by atoms with Crippen LogP contribution in [0, 0.1) is 5.41 Å². The van der Waals surface area contributed by atoms with Crippen molar-refractivity contribution in [3.63, 3.8) is 0 Å². The second kappa shape index (κ2) is 6.77. The monoisotopic (exact) mass is 283 g/mol. The van der Waals surface area contributed by atoms with Crippen LogP contribution in [-0.4, -0.2) is 29.2 Å². The van der Waals surface area contributed by atoms with Crippen LogP contribution >= 0.6 is 0 Å². The number of nitrogens with one attached hydrogen (secondary N) is 1. The third-order valence-corrected chi connectivity index (χ3v) is 2.85. The Balaban J connectivity index is 4.54. The van der Waals surface area contributed by atoms with E-state index in [9.17, 15) is 22.8 Å². The second-order valence-electron chi connectivity index (χ2n) is 5.16. The Hall–Kier alpha value is -1.27. The molecule has 0 aromatic heterocycles. The number of hydrogen-bond acceptors (Lipinski definition) is 2. The molecule has 0 rings (SSSR count). The Morgan fingerprint density at radius 3 is 2.16 bits per heavy atom. The van der Waals surface area contributed by atoms with Crippen molar-refractivity contribution in [1.29, 1.82) is 0 Å². The minimum absolute atomic E-state index is 0.212. The van der Waals surface area contributed by atoms with Gasteiger partial charge in [0.1, 0.15) is 6.04 Å². The van der Waals surface area contributed by atoms with Crippen molar-refractivity contribution in [3.05, 3.63) is 0 Å². The van der Waals surface area contributed by atoms with Gasteiger partial charge in [0, 0.05) is 6.42 Å². The molecule has 0 saturated heterocycles. The number of carbonyl (C=O) groups excluding carboxylic acids is 1. The summed E-state index contributed by atoms with van der Waals surface area (Å²) < 4.78 is 37.8. The van der Waals surface area contributed by atoms with E-state index < -0.39 is 35.9 Å². The maximum atomic E-state index is 12.6. The van der Waals surface area contributed by atoms with E-state index in [4.69, 9.17) is 5.11 Å². The average molecular weight is 283 g/mol. The first-order chi connectivity index (χ1) is 8.51. The van der Waals surface area contributed by atoms with Gasteiger partial charge in [0.15, 0.2) is 0 Å².